The highest BCUT2D eigenvalue weighted by atomic mass is 32.3. The number of unbranched alkanes of at least 4 members (excludes halogenated alkanes) is 2. The van der Waals surface area contributed by atoms with Gasteiger partial charge in [0.05, 0.1) is 0 Å². The normalized spacial score (nSPS) is 15.8. The standard InChI is InChI=1S/C12H26O2S3/c1-5-7-9-11(15-3)17(13,14)12(16-4)10-8-6-2/h11-12H,5-10H2,1-4H3. The summed E-state index contributed by atoms with van der Waals surface area (Å²) in [6, 6.07) is 0. The van der Waals surface area contributed by atoms with E-state index in [1.54, 1.807) is 0 Å². The van der Waals surface area contributed by atoms with Crippen molar-refractivity contribution in [3.63, 3.8) is 0 Å². The van der Waals surface area contributed by atoms with Crippen LogP contribution < -0.4 is 0 Å². The van der Waals surface area contributed by atoms with Gasteiger partial charge in [-0.2, -0.15) is 0 Å². The predicted molar refractivity (Wildman–Crippen MR) is 82.6 cm³/mol. The Hall–Kier alpha value is 0.650. The average molecular weight is 299 g/mol. The molecule has 17 heavy (non-hydrogen) atoms. The molecule has 2 unspecified atom stereocenters. The van der Waals surface area contributed by atoms with Crippen molar-refractivity contribution in [3.8, 4) is 0 Å². The van der Waals surface area contributed by atoms with Gasteiger partial charge in [0.2, 0.25) is 0 Å². The maximum Gasteiger partial charge on any atom is 0.174 e. The highest BCUT2D eigenvalue weighted by Crippen LogP contribution is 2.31. The van der Waals surface area contributed by atoms with E-state index in [0.29, 0.717) is 0 Å². The molecule has 0 radical (unpaired) electrons. The summed E-state index contributed by atoms with van der Waals surface area (Å²) in [6.07, 6.45) is 9.53. The molecule has 104 valence electrons. The van der Waals surface area contributed by atoms with E-state index >= 15 is 0 Å². The molecule has 0 bridgehead atoms. The van der Waals surface area contributed by atoms with Crippen LogP contribution in [0.15, 0.2) is 0 Å². The van der Waals surface area contributed by atoms with Crippen molar-refractivity contribution >= 4 is 33.4 Å². The zero-order chi connectivity index (χ0) is 13.3. The van der Waals surface area contributed by atoms with E-state index < -0.39 is 9.84 Å². The Kier molecular flexibility index (Phi) is 9.93. The van der Waals surface area contributed by atoms with Crippen LogP contribution in [0.5, 0.6) is 0 Å². The maximum absolute atomic E-state index is 12.5. The molecule has 5 heteroatoms. The lowest BCUT2D eigenvalue weighted by Gasteiger charge is -2.21. The number of hydrogen-bond donors (Lipinski definition) is 0. The number of hydrogen-bond acceptors (Lipinski definition) is 4. The molecule has 0 saturated carbocycles. The molecule has 0 aliphatic heterocycles. The van der Waals surface area contributed by atoms with Crippen molar-refractivity contribution in [3.05, 3.63) is 0 Å². The molecule has 0 aromatic heterocycles. The van der Waals surface area contributed by atoms with Gasteiger partial charge in [-0.05, 0) is 25.4 Å². The van der Waals surface area contributed by atoms with Crippen LogP contribution in [0.3, 0.4) is 0 Å². The summed E-state index contributed by atoms with van der Waals surface area (Å²) in [6.45, 7) is 4.21. The van der Waals surface area contributed by atoms with Gasteiger partial charge in [-0.15, -0.1) is 23.5 Å². The van der Waals surface area contributed by atoms with Crippen molar-refractivity contribution in [1.82, 2.24) is 0 Å². The summed E-state index contributed by atoms with van der Waals surface area (Å²) >= 11 is 2.99. The number of rotatable bonds is 10. The third-order valence-electron chi connectivity index (χ3n) is 2.85. The van der Waals surface area contributed by atoms with Gasteiger partial charge >= 0.3 is 0 Å². The largest absolute Gasteiger partial charge is 0.227 e. The van der Waals surface area contributed by atoms with E-state index in [1.165, 1.54) is 23.5 Å². The van der Waals surface area contributed by atoms with Crippen molar-refractivity contribution in [2.45, 2.75) is 61.5 Å². The highest BCUT2D eigenvalue weighted by Gasteiger charge is 2.32. The minimum Gasteiger partial charge on any atom is -0.227 e. The van der Waals surface area contributed by atoms with E-state index in [0.717, 1.165) is 38.5 Å². The fourth-order valence-electron chi connectivity index (χ4n) is 1.74. The Morgan fingerprint density at radius 3 is 1.47 bits per heavy atom. The van der Waals surface area contributed by atoms with Crippen molar-refractivity contribution < 1.29 is 8.42 Å². The molecule has 0 aliphatic carbocycles. The Balaban J connectivity index is 4.66. The monoisotopic (exact) mass is 298 g/mol. The third-order valence-corrected chi connectivity index (χ3v) is 9.07. The van der Waals surface area contributed by atoms with Crippen LogP contribution in [0, 0.1) is 0 Å². The first-order valence-corrected chi connectivity index (χ1v) is 10.5. The van der Waals surface area contributed by atoms with E-state index in [4.69, 9.17) is 0 Å². The van der Waals surface area contributed by atoms with Crippen LogP contribution in [0.25, 0.3) is 0 Å². The van der Waals surface area contributed by atoms with Gasteiger partial charge < -0.3 is 0 Å². The summed E-state index contributed by atoms with van der Waals surface area (Å²) in [5.74, 6) is 0. The molecule has 2 atom stereocenters. The molecule has 0 spiro atoms. The van der Waals surface area contributed by atoms with Crippen molar-refractivity contribution in [2.75, 3.05) is 12.5 Å². The fourth-order valence-corrected chi connectivity index (χ4v) is 7.04. The summed E-state index contributed by atoms with van der Waals surface area (Å²) in [4.78, 5) is 0. The zero-order valence-corrected chi connectivity index (χ0v) is 13.9. The first kappa shape index (κ1) is 17.6. The van der Waals surface area contributed by atoms with Gasteiger partial charge in [-0.1, -0.05) is 39.5 Å². The van der Waals surface area contributed by atoms with E-state index in [-0.39, 0.29) is 9.16 Å². The van der Waals surface area contributed by atoms with Gasteiger partial charge in [-0.3, -0.25) is 0 Å². The zero-order valence-electron chi connectivity index (χ0n) is 11.4. The SMILES string of the molecule is CCCCC(SC)S(=O)(=O)C(CCCC)SC. The van der Waals surface area contributed by atoms with Crippen molar-refractivity contribution in [1.29, 1.82) is 0 Å². The lowest BCUT2D eigenvalue weighted by molar-refractivity contribution is 0.577. The van der Waals surface area contributed by atoms with E-state index in [9.17, 15) is 8.42 Å². The second-order valence-electron chi connectivity index (χ2n) is 4.20. The average Bonchev–Trinajstić information content (AvgIpc) is 2.30. The van der Waals surface area contributed by atoms with E-state index in [1.807, 2.05) is 12.5 Å². The third kappa shape index (κ3) is 5.88. The molecule has 0 saturated heterocycles. The first-order chi connectivity index (χ1) is 8.04. The van der Waals surface area contributed by atoms with Crippen LogP contribution in [0.2, 0.25) is 0 Å². The summed E-state index contributed by atoms with van der Waals surface area (Å²) in [5, 5.41) is 0. The predicted octanol–water partition coefficient (Wildman–Crippen LogP) is 4.16. The smallest absolute Gasteiger partial charge is 0.174 e. The molecule has 0 aromatic carbocycles. The Labute approximate surface area is 116 Å². The van der Waals surface area contributed by atoms with Gasteiger partial charge in [0, 0.05) is 0 Å². The number of thioether (sulfide) groups is 2. The Bertz CT molecular complexity index is 253. The van der Waals surface area contributed by atoms with Gasteiger partial charge in [0.25, 0.3) is 0 Å². The summed E-state index contributed by atoms with van der Waals surface area (Å²) in [7, 11) is -2.98. The molecular weight excluding hydrogens is 272 g/mol. The van der Waals surface area contributed by atoms with E-state index in [2.05, 4.69) is 13.8 Å². The molecule has 0 aliphatic rings. The van der Waals surface area contributed by atoms with Crippen LogP contribution in [0.1, 0.15) is 52.4 Å². The second-order valence-corrected chi connectivity index (χ2v) is 9.20. The lowest BCUT2D eigenvalue weighted by Crippen LogP contribution is -2.28. The molecule has 0 N–H and O–H groups in total. The molecule has 2 nitrogen and oxygen atoms in total. The minimum atomic E-state index is -2.98. The van der Waals surface area contributed by atoms with Crippen molar-refractivity contribution in [2.24, 2.45) is 0 Å². The second kappa shape index (κ2) is 9.56. The Morgan fingerprint density at radius 1 is 0.882 bits per heavy atom. The molecule has 0 rings (SSSR count). The van der Waals surface area contributed by atoms with Crippen LogP contribution >= 0.6 is 23.5 Å². The van der Waals surface area contributed by atoms with Crippen LogP contribution in [-0.2, 0) is 9.84 Å². The first-order valence-electron chi connectivity index (χ1n) is 6.32. The molecule has 0 fully saturated rings. The van der Waals surface area contributed by atoms with Gasteiger partial charge in [0.15, 0.2) is 9.84 Å². The summed E-state index contributed by atoms with van der Waals surface area (Å²) in [5.41, 5.74) is 0. The molecular formula is C12H26O2S3. The van der Waals surface area contributed by atoms with Gasteiger partial charge in [0.1, 0.15) is 9.16 Å². The lowest BCUT2D eigenvalue weighted by atomic mass is 10.3. The minimum absolute atomic E-state index is 0.211. The molecule has 0 amide bonds. The fraction of sp³-hybridized carbons (Fsp3) is 1.00. The quantitative estimate of drug-likeness (QED) is 0.606. The Morgan fingerprint density at radius 2 is 1.24 bits per heavy atom. The maximum atomic E-state index is 12.5. The molecule has 0 heterocycles. The van der Waals surface area contributed by atoms with Crippen LogP contribution in [-0.4, -0.2) is 30.1 Å². The highest BCUT2D eigenvalue weighted by molar-refractivity contribution is 8.20. The van der Waals surface area contributed by atoms with Gasteiger partial charge in [-0.25, -0.2) is 8.42 Å². The summed E-state index contributed by atoms with van der Waals surface area (Å²) < 4.78 is 24.5. The number of sulfone groups is 1. The topological polar surface area (TPSA) is 34.1 Å². The van der Waals surface area contributed by atoms with Crippen LogP contribution in [0.4, 0.5) is 0 Å². The molecule has 0 aromatic rings.